The lowest BCUT2D eigenvalue weighted by Gasteiger charge is -2.22. The predicted molar refractivity (Wildman–Crippen MR) is 84.7 cm³/mol. The number of methoxy groups -OCH3 is 1. The highest BCUT2D eigenvalue weighted by Crippen LogP contribution is 2.19. The number of hydrogen-bond donors (Lipinski definition) is 1. The molecule has 1 aromatic rings. The van der Waals surface area contributed by atoms with Gasteiger partial charge in [0, 0.05) is 38.2 Å². The van der Waals surface area contributed by atoms with Crippen LogP contribution in [0, 0.1) is 6.92 Å². The molecule has 0 bridgehead atoms. The third kappa shape index (κ3) is 6.34. The van der Waals surface area contributed by atoms with Crippen LogP contribution < -0.4 is 5.73 Å². The van der Waals surface area contributed by atoms with Crippen LogP contribution in [0.25, 0.3) is 0 Å². The molecule has 0 heterocycles. The van der Waals surface area contributed by atoms with Crippen molar-refractivity contribution >= 4 is 28.8 Å². The normalized spacial score (nSPS) is 10.9. The maximum atomic E-state index is 6.26. The van der Waals surface area contributed by atoms with E-state index in [-0.39, 0.29) is 0 Å². The van der Waals surface area contributed by atoms with Gasteiger partial charge in [-0.1, -0.05) is 36.0 Å². The van der Waals surface area contributed by atoms with Crippen LogP contribution in [0.15, 0.2) is 18.2 Å². The molecule has 0 aliphatic carbocycles. The smallest absolute Gasteiger partial charge is 0.0740 e. The molecule has 0 fully saturated rings. The summed E-state index contributed by atoms with van der Waals surface area (Å²) in [4.78, 5) is 2.79. The fourth-order valence-corrected chi connectivity index (χ4v) is 2.17. The number of rotatable bonds is 8. The fraction of sp³-hybridized carbons (Fsp3) is 0.500. The lowest BCUT2D eigenvalue weighted by atomic mass is 10.1. The molecule has 2 N–H and O–H groups in total. The highest BCUT2D eigenvalue weighted by molar-refractivity contribution is 7.80. The lowest BCUT2D eigenvalue weighted by Crippen LogP contribution is -2.30. The Labute approximate surface area is 125 Å². The predicted octanol–water partition coefficient (Wildman–Crippen LogP) is 2.77. The summed E-state index contributed by atoms with van der Waals surface area (Å²) in [5.41, 5.74) is 7.84. The summed E-state index contributed by atoms with van der Waals surface area (Å²) in [6.45, 7) is 5.16. The first-order valence-electron chi connectivity index (χ1n) is 6.27. The Balaban J connectivity index is 2.66. The SMILES string of the molecule is COCCN(CCC(N)=S)Cc1ccc(C)cc1Cl. The van der Waals surface area contributed by atoms with Crippen molar-refractivity contribution < 1.29 is 4.74 Å². The molecule has 3 nitrogen and oxygen atoms in total. The van der Waals surface area contributed by atoms with Gasteiger partial charge in [0.1, 0.15) is 0 Å². The number of aryl methyl sites for hydroxylation is 1. The zero-order chi connectivity index (χ0) is 14.3. The van der Waals surface area contributed by atoms with Gasteiger partial charge in [-0.3, -0.25) is 4.90 Å². The van der Waals surface area contributed by atoms with E-state index in [1.54, 1.807) is 7.11 Å². The number of thiocarbonyl (C=S) groups is 1. The van der Waals surface area contributed by atoms with Gasteiger partial charge >= 0.3 is 0 Å². The topological polar surface area (TPSA) is 38.5 Å². The molecule has 1 rings (SSSR count). The Morgan fingerprint density at radius 1 is 1.42 bits per heavy atom. The van der Waals surface area contributed by atoms with Crippen molar-refractivity contribution in [2.45, 2.75) is 19.9 Å². The van der Waals surface area contributed by atoms with E-state index in [2.05, 4.69) is 17.0 Å². The van der Waals surface area contributed by atoms with E-state index in [0.717, 1.165) is 30.2 Å². The van der Waals surface area contributed by atoms with Gasteiger partial charge in [-0.2, -0.15) is 0 Å². The molecule has 0 atom stereocenters. The molecular formula is C14H21ClN2OS. The molecule has 1 aromatic carbocycles. The Morgan fingerprint density at radius 3 is 2.74 bits per heavy atom. The summed E-state index contributed by atoms with van der Waals surface area (Å²) in [7, 11) is 1.70. The number of nitrogens with two attached hydrogens (primary N) is 1. The minimum Gasteiger partial charge on any atom is -0.393 e. The second-order valence-electron chi connectivity index (χ2n) is 4.58. The minimum atomic E-state index is 0.539. The highest BCUT2D eigenvalue weighted by Gasteiger charge is 2.09. The van der Waals surface area contributed by atoms with Crippen molar-refractivity contribution in [2.75, 3.05) is 26.8 Å². The van der Waals surface area contributed by atoms with Crippen molar-refractivity contribution in [3.05, 3.63) is 34.3 Å². The summed E-state index contributed by atoms with van der Waals surface area (Å²) >= 11 is 11.2. The van der Waals surface area contributed by atoms with Crippen LogP contribution in [0.1, 0.15) is 17.5 Å². The molecule has 0 aliphatic heterocycles. The highest BCUT2D eigenvalue weighted by atomic mass is 35.5. The van der Waals surface area contributed by atoms with Crippen LogP contribution in [-0.2, 0) is 11.3 Å². The summed E-state index contributed by atoms with van der Waals surface area (Å²) in [6, 6.07) is 6.13. The van der Waals surface area contributed by atoms with Crippen molar-refractivity contribution in [2.24, 2.45) is 5.73 Å². The van der Waals surface area contributed by atoms with E-state index in [4.69, 9.17) is 34.3 Å². The maximum Gasteiger partial charge on any atom is 0.0740 e. The number of benzene rings is 1. The van der Waals surface area contributed by atoms with Crippen molar-refractivity contribution in [3.63, 3.8) is 0 Å². The molecule has 0 aromatic heterocycles. The van der Waals surface area contributed by atoms with Gasteiger partial charge in [0.2, 0.25) is 0 Å². The minimum absolute atomic E-state index is 0.539. The second kappa shape index (κ2) is 8.48. The van der Waals surface area contributed by atoms with Gasteiger partial charge in [0.25, 0.3) is 0 Å². The van der Waals surface area contributed by atoms with Crippen LogP contribution in [0.4, 0.5) is 0 Å². The van der Waals surface area contributed by atoms with Gasteiger partial charge in [0.15, 0.2) is 0 Å². The first-order valence-corrected chi connectivity index (χ1v) is 7.06. The zero-order valence-corrected chi connectivity index (χ0v) is 13.1. The molecule has 0 spiro atoms. The third-order valence-electron chi connectivity index (χ3n) is 2.89. The van der Waals surface area contributed by atoms with E-state index >= 15 is 0 Å². The first kappa shape index (κ1) is 16.4. The van der Waals surface area contributed by atoms with Gasteiger partial charge in [-0.25, -0.2) is 0 Å². The molecule has 106 valence electrons. The van der Waals surface area contributed by atoms with E-state index in [9.17, 15) is 0 Å². The first-order chi connectivity index (χ1) is 9.02. The average molecular weight is 301 g/mol. The molecule has 0 unspecified atom stereocenters. The molecule has 0 amide bonds. The second-order valence-corrected chi connectivity index (χ2v) is 5.51. The molecule has 5 heteroatoms. The van der Waals surface area contributed by atoms with Crippen LogP contribution >= 0.6 is 23.8 Å². The van der Waals surface area contributed by atoms with Gasteiger partial charge in [0.05, 0.1) is 11.6 Å². The Kier molecular flexibility index (Phi) is 7.31. The van der Waals surface area contributed by atoms with E-state index < -0.39 is 0 Å². The van der Waals surface area contributed by atoms with E-state index in [0.29, 0.717) is 18.0 Å². The molecular weight excluding hydrogens is 280 g/mol. The number of hydrogen-bond acceptors (Lipinski definition) is 3. The van der Waals surface area contributed by atoms with Gasteiger partial charge < -0.3 is 10.5 Å². The Hall–Kier alpha value is -0.680. The fourth-order valence-electron chi connectivity index (χ4n) is 1.78. The number of halogens is 1. The molecule has 0 saturated carbocycles. The van der Waals surface area contributed by atoms with Crippen LogP contribution in [0.5, 0.6) is 0 Å². The molecule has 0 saturated heterocycles. The molecule has 0 radical (unpaired) electrons. The standard InChI is InChI=1S/C14H21ClN2OS/c1-11-3-4-12(13(15)9-11)10-17(7-8-18-2)6-5-14(16)19/h3-4,9H,5-8,10H2,1-2H3,(H2,16,19). The van der Waals surface area contributed by atoms with Crippen LogP contribution in [0.2, 0.25) is 5.02 Å². The van der Waals surface area contributed by atoms with Crippen molar-refractivity contribution in [1.29, 1.82) is 0 Å². The average Bonchev–Trinajstić information content (AvgIpc) is 2.35. The monoisotopic (exact) mass is 300 g/mol. The van der Waals surface area contributed by atoms with Crippen LogP contribution in [0.3, 0.4) is 0 Å². The number of nitrogens with zero attached hydrogens (tertiary/aromatic N) is 1. The largest absolute Gasteiger partial charge is 0.393 e. The molecule has 0 aliphatic rings. The van der Waals surface area contributed by atoms with Crippen LogP contribution in [-0.4, -0.2) is 36.7 Å². The van der Waals surface area contributed by atoms with E-state index in [1.807, 2.05) is 13.0 Å². The Morgan fingerprint density at radius 2 is 2.16 bits per heavy atom. The maximum absolute atomic E-state index is 6.26. The third-order valence-corrected chi connectivity index (χ3v) is 3.44. The van der Waals surface area contributed by atoms with Crippen molar-refractivity contribution in [1.82, 2.24) is 4.90 Å². The molecule has 19 heavy (non-hydrogen) atoms. The summed E-state index contributed by atoms with van der Waals surface area (Å²) < 4.78 is 5.13. The van der Waals surface area contributed by atoms with Crippen molar-refractivity contribution in [3.8, 4) is 0 Å². The summed E-state index contributed by atoms with van der Waals surface area (Å²) in [6.07, 6.45) is 0.711. The summed E-state index contributed by atoms with van der Waals surface area (Å²) in [5.74, 6) is 0. The summed E-state index contributed by atoms with van der Waals surface area (Å²) in [5, 5.41) is 0.803. The lowest BCUT2D eigenvalue weighted by molar-refractivity contribution is 0.146. The van der Waals surface area contributed by atoms with Gasteiger partial charge in [-0.05, 0) is 24.1 Å². The van der Waals surface area contributed by atoms with E-state index in [1.165, 1.54) is 5.56 Å². The number of ether oxygens (including phenoxy) is 1. The quantitative estimate of drug-likeness (QED) is 0.749. The van der Waals surface area contributed by atoms with Gasteiger partial charge in [-0.15, -0.1) is 0 Å². The Bertz CT molecular complexity index is 426. The zero-order valence-electron chi connectivity index (χ0n) is 11.5.